The summed E-state index contributed by atoms with van der Waals surface area (Å²) in [7, 11) is 2.89. The van der Waals surface area contributed by atoms with Crippen LogP contribution in [0.4, 0.5) is 0 Å². The minimum Gasteiger partial charge on any atom is -0.368 e. The molecule has 0 amide bonds. The van der Waals surface area contributed by atoms with E-state index in [1.54, 1.807) is 0 Å². The molecule has 0 unspecified atom stereocenters. The SMILES string of the molecule is CN(C)C.CO[Si](O)(O)O. The maximum atomic E-state index is 7.85. The molecule has 0 radical (unpaired) electrons. The smallest absolute Gasteiger partial charge is 0.368 e. The summed E-state index contributed by atoms with van der Waals surface area (Å²) in [5.41, 5.74) is 0. The third-order valence-corrected chi connectivity index (χ3v) is 0.822. The summed E-state index contributed by atoms with van der Waals surface area (Å²) < 4.78 is 3.74. The van der Waals surface area contributed by atoms with Crippen molar-refractivity contribution in [2.24, 2.45) is 0 Å². The van der Waals surface area contributed by atoms with Crippen LogP contribution in [0, 0.1) is 0 Å². The van der Waals surface area contributed by atoms with Crippen LogP contribution in [0.5, 0.6) is 0 Å². The Morgan fingerprint density at radius 1 is 1.10 bits per heavy atom. The van der Waals surface area contributed by atoms with Crippen molar-refractivity contribution in [1.82, 2.24) is 4.90 Å². The molecule has 0 atom stereocenters. The minimum atomic E-state index is -4.13. The Morgan fingerprint density at radius 2 is 1.20 bits per heavy atom. The first kappa shape index (κ1) is 12.7. The fourth-order valence-corrected chi connectivity index (χ4v) is 0. The van der Waals surface area contributed by atoms with E-state index >= 15 is 0 Å². The van der Waals surface area contributed by atoms with Gasteiger partial charge in [-0.15, -0.1) is 0 Å². The van der Waals surface area contributed by atoms with Crippen LogP contribution in [0.1, 0.15) is 0 Å². The van der Waals surface area contributed by atoms with Gasteiger partial charge in [0, 0.05) is 7.11 Å². The number of rotatable bonds is 1. The molecular weight excluding hydrogens is 154 g/mol. The molecule has 0 aromatic carbocycles. The quantitative estimate of drug-likeness (QED) is 0.405. The van der Waals surface area contributed by atoms with Crippen molar-refractivity contribution in [2.75, 3.05) is 28.3 Å². The summed E-state index contributed by atoms with van der Waals surface area (Å²) in [6.07, 6.45) is 0. The van der Waals surface area contributed by atoms with Crippen molar-refractivity contribution in [2.45, 2.75) is 0 Å². The largest absolute Gasteiger partial charge is 0.671 e. The van der Waals surface area contributed by atoms with Crippen molar-refractivity contribution in [1.29, 1.82) is 0 Å². The Hall–Kier alpha value is 0.0169. The monoisotopic (exact) mass is 169 g/mol. The van der Waals surface area contributed by atoms with E-state index in [9.17, 15) is 0 Å². The molecule has 0 spiro atoms. The maximum Gasteiger partial charge on any atom is 0.671 e. The molecule has 0 bridgehead atoms. The van der Waals surface area contributed by atoms with Gasteiger partial charge in [-0.05, 0) is 21.1 Å². The highest BCUT2D eigenvalue weighted by molar-refractivity contribution is 6.48. The van der Waals surface area contributed by atoms with Gasteiger partial charge >= 0.3 is 9.05 Å². The summed E-state index contributed by atoms with van der Waals surface area (Å²) in [4.78, 5) is 25.6. The Morgan fingerprint density at radius 3 is 1.20 bits per heavy atom. The average molecular weight is 169 g/mol. The Balaban J connectivity index is 0. The zero-order chi connectivity index (χ0) is 8.78. The fraction of sp³-hybridized carbons (Fsp3) is 1.00. The van der Waals surface area contributed by atoms with Gasteiger partial charge in [-0.3, -0.25) is 0 Å². The first-order valence-electron chi connectivity index (χ1n) is 2.62. The lowest BCUT2D eigenvalue weighted by molar-refractivity contribution is 0.0881. The van der Waals surface area contributed by atoms with Gasteiger partial charge in [-0.2, -0.15) is 0 Å². The second-order valence-corrected chi connectivity index (χ2v) is 3.68. The number of hydrogen-bond donors (Lipinski definition) is 3. The fourth-order valence-electron chi connectivity index (χ4n) is 0. The zero-order valence-corrected chi connectivity index (χ0v) is 7.70. The molecule has 0 saturated heterocycles. The van der Waals surface area contributed by atoms with Gasteiger partial charge in [0.1, 0.15) is 0 Å². The van der Waals surface area contributed by atoms with Crippen LogP contribution in [0.25, 0.3) is 0 Å². The molecule has 0 aromatic heterocycles. The van der Waals surface area contributed by atoms with E-state index in [0.29, 0.717) is 0 Å². The van der Waals surface area contributed by atoms with E-state index in [0.717, 1.165) is 7.11 Å². The summed E-state index contributed by atoms with van der Waals surface area (Å²) in [5, 5.41) is 0. The predicted molar refractivity (Wildman–Crippen MR) is 39.0 cm³/mol. The standard InChI is InChI=1S/C3H9N.CH6O4Si/c1-4(2)3;1-5-6(2,3)4/h1-3H3;2-4H,1H3. The van der Waals surface area contributed by atoms with Crippen molar-refractivity contribution in [3.63, 3.8) is 0 Å². The lowest BCUT2D eigenvalue weighted by Crippen LogP contribution is -2.37. The van der Waals surface area contributed by atoms with E-state index in [-0.39, 0.29) is 0 Å². The van der Waals surface area contributed by atoms with Crippen molar-refractivity contribution < 1.29 is 18.8 Å². The molecule has 5 nitrogen and oxygen atoms in total. The molecule has 10 heavy (non-hydrogen) atoms. The lowest BCUT2D eigenvalue weighted by Gasteiger charge is -2.01. The van der Waals surface area contributed by atoms with E-state index < -0.39 is 9.05 Å². The van der Waals surface area contributed by atoms with Gasteiger partial charge in [-0.1, -0.05) is 0 Å². The third kappa shape index (κ3) is 43.4. The number of nitrogens with zero attached hydrogens (tertiary/aromatic N) is 1. The number of hydrogen-bond acceptors (Lipinski definition) is 5. The van der Waals surface area contributed by atoms with Crippen LogP contribution in [0.2, 0.25) is 0 Å². The van der Waals surface area contributed by atoms with Gasteiger partial charge in [0.05, 0.1) is 0 Å². The van der Waals surface area contributed by atoms with Crippen molar-refractivity contribution in [3.8, 4) is 0 Å². The Labute approximate surface area is 62.0 Å². The topological polar surface area (TPSA) is 73.2 Å². The molecule has 0 fully saturated rings. The summed E-state index contributed by atoms with van der Waals surface area (Å²) in [6.45, 7) is 0. The molecule has 0 aromatic rings. The molecule has 0 aliphatic heterocycles. The van der Waals surface area contributed by atoms with E-state index in [1.165, 1.54) is 0 Å². The molecule has 0 saturated carbocycles. The Bertz CT molecular complexity index is 69.4. The zero-order valence-electron chi connectivity index (χ0n) is 6.70. The van der Waals surface area contributed by atoms with Crippen LogP contribution in [-0.4, -0.2) is 56.6 Å². The highest BCUT2D eigenvalue weighted by atomic mass is 28.4. The van der Waals surface area contributed by atoms with Crippen LogP contribution < -0.4 is 0 Å². The van der Waals surface area contributed by atoms with Crippen LogP contribution in [0.3, 0.4) is 0 Å². The van der Waals surface area contributed by atoms with Crippen LogP contribution in [0.15, 0.2) is 0 Å². The predicted octanol–water partition coefficient (Wildman–Crippen LogP) is -1.78. The normalized spacial score (nSPS) is 10.8. The highest BCUT2D eigenvalue weighted by Crippen LogP contribution is 1.80. The molecule has 0 heterocycles. The minimum absolute atomic E-state index is 1.02. The first-order chi connectivity index (χ1) is 4.29. The third-order valence-electron chi connectivity index (χ3n) is 0.274. The van der Waals surface area contributed by atoms with Gasteiger partial charge in [0.25, 0.3) is 0 Å². The van der Waals surface area contributed by atoms with Gasteiger partial charge in [0.2, 0.25) is 0 Å². The van der Waals surface area contributed by atoms with Gasteiger partial charge in [0.15, 0.2) is 0 Å². The molecule has 3 N–H and O–H groups in total. The summed E-state index contributed by atoms with van der Waals surface area (Å²) >= 11 is 0. The van der Waals surface area contributed by atoms with E-state index in [2.05, 4.69) is 4.43 Å². The second kappa shape index (κ2) is 5.78. The van der Waals surface area contributed by atoms with E-state index in [1.807, 2.05) is 26.0 Å². The molecule has 0 aliphatic rings. The van der Waals surface area contributed by atoms with Gasteiger partial charge in [-0.25, -0.2) is 0 Å². The molecule has 0 rings (SSSR count). The highest BCUT2D eigenvalue weighted by Gasteiger charge is 2.27. The molecule has 64 valence electrons. The molecular formula is C4H15NO4Si. The summed E-state index contributed by atoms with van der Waals surface area (Å²) in [6, 6.07) is 0. The lowest BCUT2D eigenvalue weighted by atomic mass is 11.0. The maximum absolute atomic E-state index is 7.85. The average Bonchev–Trinajstić information content (AvgIpc) is 1.63. The van der Waals surface area contributed by atoms with E-state index in [4.69, 9.17) is 14.4 Å². The second-order valence-electron chi connectivity index (χ2n) is 2.12. The first-order valence-corrected chi connectivity index (χ1v) is 4.37. The Kier molecular flexibility index (Phi) is 7.32. The van der Waals surface area contributed by atoms with Crippen LogP contribution in [-0.2, 0) is 4.43 Å². The van der Waals surface area contributed by atoms with Crippen molar-refractivity contribution >= 4 is 9.05 Å². The molecule has 6 heteroatoms. The molecule has 0 aliphatic carbocycles. The van der Waals surface area contributed by atoms with Gasteiger partial charge < -0.3 is 23.7 Å². The van der Waals surface area contributed by atoms with Crippen molar-refractivity contribution in [3.05, 3.63) is 0 Å². The summed E-state index contributed by atoms with van der Waals surface area (Å²) in [5.74, 6) is 0. The van der Waals surface area contributed by atoms with Crippen LogP contribution >= 0.6 is 0 Å².